The predicted molar refractivity (Wildman–Crippen MR) is 114 cm³/mol. The minimum Gasteiger partial charge on any atom is -0.484 e. The van der Waals surface area contributed by atoms with E-state index in [0.29, 0.717) is 18.8 Å². The summed E-state index contributed by atoms with van der Waals surface area (Å²) >= 11 is 3.41. The second kappa shape index (κ2) is 10.3. The Morgan fingerprint density at radius 3 is 2.39 bits per heavy atom. The Morgan fingerprint density at radius 1 is 1.11 bits per heavy atom. The zero-order chi connectivity index (χ0) is 20.7. The smallest absolute Gasteiger partial charge is 0.261 e. The second-order valence-electron chi connectivity index (χ2n) is 6.75. The Bertz CT molecular complexity index is 821. The summed E-state index contributed by atoms with van der Waals surface area (Å²) < 4.78 is 6.66. The standard InChI is InChI=1S/C22H27BrN2O3/c1-5-24-22(27)17(4)25(13-18-7-9-19(23)10-8-18)21(26)14-28-20-11-6-15(2)16(3)12-20/h6-12,17H,5,13-14H2,1-4H3,(H,24,27). The number of halogens is 1. The fraction of sp³-hybridized carbons (Fsp3) is 0.364. The number of amides is 2. The molecule has 0 fully saturated rings. The molecule has 0 spiro atoms. The summed E-state index contributed by atoms with van der Waals surface area (Å²) in [5.41, 5.74) is 3.21. The summed E-state index contributed by atoms with van der Waals surface area (Å²) in [7, 11) is 0. The van der Waals surface area contributed by atoms with Crippen molar-refractivity contribution in [1.29, 1.82) is 0 Å². The molecule has 0 saturated carbocycles. The number of carbonyl (C=O) groups is 2. The molecule has 1 atom stereocenters. The molecule has 28 heavy (non-hydrogen) atoms. The fourth-order valence-corrected chi connectivity index (χ4v) is 2.99. The maximum absolute atomic E-state index is 12.9. The van der Waals surface area contributed by atoms with Crippen molar-refractivity contribution in [2.45, 2.75) is 40.3 Å². The monoisotopic (exact) mass is 446 g/mol. The minimum absolute atomic E-state index is 0.122. The first-order valence-corrected chi connectivity index (χ1v) is 10.1. The lowest BCUT2D eigenvalue weighted by atomic mass is 10.1. The molecular formula is C22H27BrN2O3. The van der Waals surface area contributed by atoms with Gasteiger partial charge in [-0.15, -0.1) is 0 Å². The van der Waals surface area contributed by atoms with Crippen molar-refractivity contribution in [2.24, 2.45) is 0 Å². The SMILES string of the molecule is CCNC(=O)C(C)N(Cc1ccc(Br)cc1)C(=O)COc1ccc(C)c(C)c1. The van der Waals surface area contributed by atoms with E-state index in [1.807, 2.05) is 63.2 Å². The minimum atomic E-state index is -0.598. The molecule has 2 aromatic rings. The average Bonchev–Trinajstić information content (AvgIpc) is 2.68. The molecule has 2 rings (SSSR count). The van der Waals surface area contributed by atoms with Crippen LogP contribution in [0.3, 0.4) is 0 Å². The summed E-state index contributed by atoms with van der Waals surface area (Å²) in [6.45, 7) is 8.34. The maximum atomic E-state index is 12.9. The molecule has 6 heteroatoms. The molecule has 2 aromatic carbocycles. The van der Waals surface area contributed by atoms with E-state index in [2.05, 4.69) is 21.2 Å². The molecule has 150 valence electrons. The van der Waals surface area contributed by atoms with Gasteiger partial charge in [-0.2, -0.15) is 0 Å². The normalized spacial score (nSPS) is 11.6. The van der Waals surface area contributed by atoms with E-state index in [4.69, 9.17) is 4.74 Å². The highest BCUT2D eigenvalue weighted by Crippen LogP contribution is 2.18. The maximum Gasteiger partial charge on any atom is 0.261 e. The van der Waals surface area contributed by atoms with Crippen molar-refractivity contribution in [3.63, 3.8) is 0 Å². The number of ether oxygens (including phenoxy) is 1. The fourth-order valence-electron chi connectivity index (χ4n) is 2.72. The number of nitrogens with one attached hydrogen (secondary N) is 1. The Balaban J connectivity index is 2.13. The van der Waals surface area contributed by atoms with E-state index in [1.54, 1.807) is 11.8 Å². The Hall–Kier alpha value is -2.34. The van der Waals surface area contributed by atoms with Crippen LogP contribution in [0.2, 0.25) is 0 Å². The molecule has 0 saturated heterocycles. The lowest BCUT2D eigenvalue weighted by Crippen LogP contribution is -2.49. The first-order chi connectivity index (χ1) is 13.3. The van der Waals surface area contributed by atoms with Crippen LogP contribution >= 0.6 is 15.9 Å². The summed E-state index contributed by atoms with van der Waals surface area (Å²) in [6.07, 6.45) is 0. The van der Waals surface area contributed by atoms with Crippen LogP contribution in [-0.4, -0.2) is 35.9 Å². The summed E-state index contributed by atoms with van der Waals surface area (Å²) in [5.74, 6) is 0.227. The molecular weight excluding hydrogens is 420 g/mol. The number of carbonyl (C=O) groups excluding carboxylic acids is 2. The van der Waals surface area contributed by atoms with Crippen LogP contribution in [0.4, 0.5) is 0 Å². The molecule has 1 N–H and O–H groups in total. The number of aryl methyl sites for hydroxylation is 2. The third-order valence-corrected chi connectivity index (χ3v) is 5.15. The molecule has 0 aromatic heterocycles. The number of hydrogen-bond acceptors (Lipinski definition) is 3. The lowest BCUT2D eigenvalue weighted by Gasteiger charge is -2.28. The molecule has 0 aliphatic rings. The number of benzene rings is 2. The van der Waals surface area contributed by atoms with Gasteiger partial charge in [0.25, 0.3) is 5.91 Å². The van der Waals surface area contributed by atoms with Crippen molar-refractivity contribution in [3.8, 4) is 5.75 Å². The van der Waals surface area contributed by atoms with Gasteiger partial charge >= 0.3 is 0 Å². The Labute approximate surface area is 175 Å². The van der Waals surface area contributed by atoms with Crippen LogP contribution in [-0.2, 0) is 16.1 Å². The van der Waals surface area contributed by atoms with Gasteiger partial charge in [0.2, 0.25) is 5.91 Å². The van der Waals surface area contributed by atoms with Crippen LogP contribution in [0.25, 0.3) is 0 Å². The topological polar surface area (TPSA) is 58.6 Å². The first-order valence-electron chi connectivity index (χ1n) is 9.33. The zero-order valence-corrected chi connectivity index (χ0v) is 18.4. The van der Waals surface area contributed by atoms with E-state index in [-0.39, 0.29) is 18.4 Å². The van der Waals surface area contributed by atoms with Gasteiger partial charge in [0.15, 0.2) is 6.61 Å². The summed E-state index contributed by atoms with van der Waals surface area (Å²) in [5, 5.41) is 2.78. The number of likely N-dealkylation sites (N-methyl/N-ethyl adjacent to an activating group) is 1. The van der Waals surface area contributed by atoms with Crippen LogP contribution in [0.5, 0.6) is 5.75 Å². The van der Waals surface area contributed by atoms with Crippen LogP contribution in [0, 0.1) is 13.8 Å². The highest BCUT2D eigenvalue weighted by molar-refractivity contribution is 9.10. The third-order valence-electron chi connectivity index (χ3n) is 4.63. The van der Waals surface area contributed by atoms with Crippen molar-refractivity contribution in [2.75, 3.05) is 13.2 Å². The molecule has 2 amide bonds. The molecule has 0 bridgehead atoms. The molecule has 0 radical (unpaired) electrons. The van der Waals surface area contributed by atoms with E-state index in [0.717, 1.165) is 15.6 Å². The van der Waals surface area contributed by atoms with Gasteiger partial charge in [-0.25, -0.2) is 0 Å². The van der Waals surface area contributed by atoms with Gasteiger partial charge in [0.1, 0.15) is 11.8 Å². The van der Waals surface area contributed by atoms with Crippen molar-refractivity contribution in [1.82, 2.24) is 10.2 Å². The molecule has 0 heterocycles. The van der Waals surface area contributed by atoms with Crippen LogP contribution in [0.1, 0.15) is 30.5 Å². The molecule has 0 aliphatic carbocycles. The molecule has 1 unspecified atom stereocenters. The van der Waals surface area contributed by atoms with E-state index >= 15 is 0 Å². The Kier molecular flexibility index (Phi) is 8.05. The van der Waals surface area contributed by atoms with Crippen molar-refractivity contribution < 1.29 is 14.3 Å². The van der Waals surface area contributed by atoms with E-state index in [9.17, 15) is 9.59 Å². The largest absolute Gasteiger partial charge is 0.484 e. The number of hydrogen-bond donors (Lipinski definition) is 1. The zero-order valence-electron chi connectivity index (χ0n) is 16.8. The first kappa shape index (κ1) is 22.0. The van der Waals surface area contributed by atoms with Gasteiger partial charge in [-0.3, -0.25) is 9.59 Å². The van der Waals surface area contributed by atoms with Crippen LogP contribution < -0.4 is 10.1 Å². The average molecular weight is 447 g/mol. The summed E-state index contributed by atoms with van der Waals surface area (Å²) in [6, 6.07) is 12.8. The van der Waals surface area contributed by atoms with Crippen LogP contribution in [0.15, 0.2) is 46.9 Å². The van der Waals surface area contributed by atoms with Crippen molar-refractivity contribution >= 4 is 27.7 Å². The van der Waals surface area contributed by atoms with Gasteiger partial charge in [0.05, 0.1) is 0 Å². The second-order valence-corrected chi connectivity index (χ2v) is 7.67. The van der Waals surface area contributed by atoms with Gasteiger partial charge in [-0.1, -0.05) is 34.1 Å². The third kappa shape index (κ3) is 6.09. The highest BCUT2D eigenvalue weighted by Gasteiger charge is 2.26. The Morgan fingerprint density at radius 2 is 1.79 bits per heavy atom. The predicted octanol–water partition coefficient (Wildman–Crippen LogP) is 4.00. The molecule has 5 nitrogen and oxygen atoms in total. The number of nitrogens with zero attached hydrogens (tertiary/aromatic N) is 1. The van der Waals surface area contributed by atoms with E-state index < -0.39 is 6.04 Å². The van der Waals surface area contributed by atoms with E-state index in [1.165, 1.54) is 5.56 Å². The van der Waals surface area contributed by atoms with Gasteiger partial charge in [0, 0.05) is 17.6 Å². The molecule has 0 aliphatic heterocycles. The summed E-state index contributed by atoms with van der Waals surface area (Å²) in [4.78, 5) is 26.8. The highest BCUT2D eigenvalue weighted by atomic mass is 79.9. The van der Waals surface area contributed by atoms with Crippen molar-refractivity contribution in [3.05, 3.63) is 63.6 Å². The van der Waals surface area contributed by atoms with Gasteiger partial charge < -0.3 is 15.0 Å². The quantitative estimate of drug-likeness (QED) is 0.666. The number of rotatable bonds is 8. The lowest BCUT2D eigenvalue weighted by molar-refractivity contribution is -0.142. The van der Waals surface area contributed by atoms with Gasteiger partial charge in [-0.05, 0) is 68.7 Å².